The highest BCUT2D eigenvalue weighted by atomic mass is 32.3. The zero-order valence-electron chi connectivity index (χ0n) is 21.8. The van der Waals surface area contributed by atoms with Crippen molar-refractivity contribution in [1.82, 2.24) is 19.3 Å². The average Bonchev–Trinajstić information content (AvgIpc) is 3.21. The summed E-state index contributed by atoms with van der Waals surface area (Å²) in [6.45, 7) is 6.41. The molecule has 0 radical (unpaired) electrons. The molecule has 0 spiro atoms. The van der Waals surface area contributed by atoms with Crippen molar-refractivity contribution in [2.75, 3.05) is 6.54 Å². The van der Waals surface area contributed by atoms with E-state index in [0.29, 0.717) is 17.2 Å². The zero-order chi connectivity index (χ0) is 27.2. The fourth-order valence-corrected chi connectivity index (χ4v) is 6.85. The first-order valence-corrected chi connectivity index (χ1v) is 14.0. The van der Waals surface area contributed by atoms with E-state index in [1.807, 2.05) is 64.2 Å². The summed E-state index contributed by atoms with van der Waals surface area (Å²) in [7, 11) is -1.48. The number of ether oxygens (including phenoxy) is 1. The van der Waals surface area contributed by atoms with Crippen molar-refractivity contribution < 1.29 is 23.7 Å². The summed E-state index contributed by atoms with van der Waals surface area (Å²) in [5.74, 6) is -0.838. The highest BCUT2D eigenvalue weighted by Crippen LogP contribution is 2.57. The van der Waals surface area contributed by atoms with Gasteiger partial charge in [0.1, 0.15) is 22.3 Å². The van der Waals surface area contributed by atoms with Gasteiger partial charge in [0.15, 0.2) is 0 Å². The number of aryl methyl sites for hydroxylation is 3. The minimum atomic E-state index is -3.30. The number of carboxylic acids is 1. The molecule has 0 saturated carbocycles. The number of nitrogens with zero attached hydrogens (tertiary/aromatic N) is 4. The maximum Gasteiger partial charge on any atom is 0.304 e. The maximum atomic E-state index is 12.0. The first kappa shape index (κ1) is 26.2. The Labute approximate surface area is 223 Å². The fraction of sp³-hybridized carbons (Fsp3) is 0.321. The van der Waals surface area contributed by atoms with E-state index in [-0.39, 0.29) is 19.1 Å². The molecule has 0 aliphatic carbocycles. The monoisotopic (exact) mass is 536 g/mol. The lowest BCUT2D eigenvalue weighted by Gasteiger charge is -2.42. The molecule has 4 aromatic rings. The molecule has 1 aliphatic rings. The summed E-state index contributed by atoms with van der Waals surface area (Å²) in [5, 5.41) is 18.2. The van der Waals surface area contributed by atoms with Gasteiger partial charge in [-0.15, -0.1) is 15.9 Å². The van der Waals surface area contributed by atoms with Crippen LogP contribution in [0, 0.1) is 13.8 Å². The summed E-state index contributed by atoms with van der Waals surface area (Å²) < 4.78 is 32.0. The predicted molar refractivity (Wildman–Crippen MR) is 147 cm³/mol. The second-order valence-corrected chi connectivity index (χ2v) is 11.9. The van der Waals surface area contributed by atoms with Gasteiger partial charge in [-0.05, 0) is 66.8 Å². The normalized spacial score (nSPS) is 18.8. The number of carbonyl (C=O) groups is 1. The molecule has 1 aliphatic heterocycles. The molecule has 38 heavy (non-hydrogen) atoms. The Morgan fingerprint density at radius 2 is 1.92 bits per heavy atom. The Bertz CT molecular complexity index is 1520. The van der Waals surface area contributed by atoms with Gasteiger partial charge in [-0.25, -0.2) is 4.68 Å². The van der Waals surface area contributed by atoms with E-state index in [2.05, 4.69) is 10.3 Å². The molecule has 5 rings (SSSR count). The van der Waals surface area contributed by atoms with Gasteiger partial charge in [0.25, 0.3) is 0 Å². The molecule has 3 N–H and O–H groups in total. The average molecular weight is 537 g/mol. The third-order valence-electron chi connectivity index (χ3n) is 7.25. The number of fused-ring (bicyclic) bond motifs is 2. The number of benzene rings is 3. The third kappa shape index (κ3) is 4.76. The second kappa shape index (κ2) is 10.0. The highest BCUT2D eigenvalue weighted by molar-refractivity contribution is 8.22. The first-order chi connectivity index (χ1) is 18.1. The largest absolute Gasteiger partial charge is 0.487 e. The van der Waals surface area contributed by atoms with Crippen LogP contribution < -0.4 is 4.74 Å². The standard InChI is InChI=1S/C28H32N4O5S/c1-17-9-10-20(23(14-27(33)34)22-11-12-24-28(19(22)3)29-30-31(24)4)13-21(17)16-32-15-18(2)37-25-7-5-6-8-26(25)38(32,35)36/h5-13,18,23,35-36H,14-16H2,1-4H3,(H,33,34). The Balaban J connectivity index is 1.54. The molecule has 0 amide bonds. The quantitative estimate of drug-likeness (QED) is 0.295. The van der Waals surface area contributed by atoms with Gasteiger partial charge >= 0.3 is 5.97 Å². The van der Waals surface area contributed by atoms with Gasteiger partial charge in [0.05, 0.1) is 18.5 Å². The van der Waals surface area contributed by atoms with Crippen molar-refractivity contribution >= 4 is 27.8 Å². The van der Waals surface area contributed by atoms with E-state index in [0.717, 1.165) is 38.9 Å². The first-order valence-electron chi connectivity index (χ1n) is 12.5. The Morgan fingerprint density at radius 1 is 1.16 bits per heavy atom. The minimum Gasteiger partial charge on any atom is -0.487 e. The topological polar surface area (TPSA) is 121 Å². The molecule has 2 atom stereocenters. The van der Waals surface area contributed by atoms with E-state index < -0.39 is 22.7 Å². The van der Waals surface area contributed by atoms with Crippen molar-refractivity contribution in [2.45, 2.75) is 50.7 Å². The molecule has 9 nitrogen and oxygen atoms in total. The van der Waals surface area contributed by atoms with Crippen LogP contribution in [0.5, 0.6) is 5.75 Å². The number of hydrogen-bond acceptors (Lipinski definition) is 7. The lowest BCUT2D eigenvalue weighted by molar-refractivity contribution is -0.137. The number of aromatic nitrogens is 3. The van der Waals surface area contributed by atoms with Gasteiger partial charge < -0.3 is 9.84 Å². The van der Waals surface area contributed by atoms with Crippen LogP contribution >= 0.6 is 10.8 Å². The third-order valence-corrected chi connectivity index (χ3v) is 9.17. The van der Waals surface area contributed by atoms with E-state index in [1.165, 1.54) is 0 Å². The Kier molecular flexibility index (Phi) is 6.91. The molecule has 200 valence electrons. The van der Waals surface area contributed by atoms with Crippen molar-refractivity contribution in [3.8, 4) is 5.75 Å². The Hall–Kier alpha value is -3.44. The summed E-state index contributed by atoms with van der Waals surface area (Å²) in [6.07, 6.45) is -0.346. The van der Waals surface area contributed by atoms with Gasteiger partial charge in [-0.3, -0.25) is 13.9 Å². The van der Waals surface area contributed by atoms with Gasteiger partial charge in [-0.2, -0.15) is 4.31 Å². The fourth-order valence-electron chi connectivity index (χ4n) is 5.19. The van der Waals surface area contributed by atoms with Crippen LogP contribution in [0.3, 0.4) is 0 Å². The summed E-state index contributed by atoms with van der Waals surface area (Å²) in [6, 6.07) is 16.8. The smallest absolute Gasteiger partial charge is 0.304 e. The minimum absolute atomic E-state index is 0.0910. The predicted octanol–water partition coefficient (Wildman–Crippen LogP) is 5.50. The lowest BCUT2D eigenvalue weighted by Crippen LogP contribution is -2.33. The van der Waals surface area contributed by atoms with Crippen molar-refractivity contribution in [3.05, 3.63) is 82.4 Å². The van der Waals surface area contributed by atoms with Crippen LogP contribution in [0.4, 0.5) is 0 Å². The SMILES string of the molecule is Cc1ccc(C(CC(=O)O)c2ccc3c(nnn3C)c2C)cc1CN1CC(C)Oc2ccccc2S1(O)O. The number of hydrogen-bond donors (Lipinski definition) is 3. The van der Waals surface area contributed by atoms with Crippen LogP contribution in [0.1, 0.15) is 47.1 Å². The van der Waals surface area contributed by atoms with Crippen LogP contribution in [0.2, 0.25) is 0 Å². The van der Waals surface area contributed by atoms with Crippen molar-refractivity contribution in [3.63, 3.8) is 0 Å². The van der Waals surface area contributed by atoms with E-state index in [4.69, 9.17) is 4.74 Å². The summed E-state index contributed by atoms with van der Waals surface area (Å²) in [4.78, 5) is 12.3. The molecule has 1 aromatic heterocycles. The van der Waals surface area contributed by atoms with Crippen LogP contribution in [-0.4, -0.2) is 52.1 Å². The van der Waals surface area contributed by atoms with Crippen LogP contribution in [0.15, 0.2) is 59.5 Å². The van der Waals surface area contributed by atoms with E-state index in [9.17, 15) is 19.0 Å². The van der Waals surface area contributed by atoms with Gasteiger partial charge in [-0.1, -0.05) is 41.6 Å². The van der Waals surface area contributed by atoms with Crippen molar-refractivity contribution in [1.29, 1.82) is 0 Å². The molecule has 0 bridgehead atoms. The molecular weight excluding hydrogens is 504 g/mol. The Morgan fingerprint density at radius 3 is 2.68 bits per heavy atom. The second-order valence-electron chi connectivity index (χ2n) is 9.91. The number of rotatable bonds is 6. The van der Waals surface area contributed by atoms with E-state index in [1.54, 1.807) is 27.2 Å². The summed E-state index contributed by atoms with van der Waals surface area (Å²) in [5.41, 5.74) is 6.12. The van der Waals surface area contributed by atoms with E-state index >= 15 is 0 Å². The lowest BCUT2D eigenvalue weighted by atomic mass is 9.84. The number of para-hydroxylation sites is 1. The molecule has 10 heteroatoms. The molecular formula is C28H32N4O5S. The number of aliphatic carboxylic acids is 1. The van der Waals surface area contributed by atoms with Gasteiger partial charge in [0, 0.05) is 19.5 Å². The zero-order valence-corrected chi connectivity index (χ0v) is 22.6. The molecule has 2 unspecified atom stereocenters. The van der Waals surface area contributed by atoms with Crippen molar-refractivity contribution in [2.24, 2.45) is 7.05 Å². The molecule has 2 heterocycles. The van der Waals surface area contributed by atoms with Crippen LogP contribution in [-0.2, 0) is 18.4 Å². The maximum absolute atomic E-state index is 12.0. The molecule has 0 fully saturated rings. The van der Waals surface area contributed by atoms with Gasteiger partial charge in [0.2, 0.25) is 0 Å². The molecule has 3 aromatic carbocycles. The summed E-state index contributed by atoms with van der Waals surface area (Å²) >= 11 is 0. The number of carboxylic acid groups (broad SMARTS) is 1. The van der Waals surface area contributed by atoms with Crippen LogP contribution in [0.25, 0.3) is 11.0 Å². The molecule has 0 saturated heterocycles. The highest BCUT2D eigenvalue weighted by Gasteiger charge is 2.34.